The van der Waals surface area contributed by atoms with E-state index in [0.29, 0.717) is 12.8 Å². The molecule has 1 fully saturated rings. The van der Waals surface area contributed by atoms with Crippen molar-refractivity contribution in [3.8, 4) is 0 Å². The summed E-state index contributed by atoms with van der Waals surface area (Å²) < 4.78 is 34.5. The molecule has 0 heterocycles. The van der Waals surface area contributed by atoms with Gasteiger partial charge in [0, 0.05) is 19.2 Å². The lowest BCUT2D eigenvalue weighted by molar-refractivity contribution is -0.127. The Kier molecular flexibility index (Phi) is 3.49. The van der Waals surface area contributed by atoms with Gasteiger partial charge in [0.05, 0.1) is 0 Å². The van der Waals surface area contributed by atoms with Gasteiger partial charge in [-0.05, 0) is 24.8 Å². The van der Waals surface area contributed by atoms with E-state index in [1.165, 1.54) is 0 Å². The van der Waals surface area contributed by atoms with Gasteiger partial charge in [-0.2, -0.15) is 4.39 Å². The van der Waals surface area contributed by atoms with Crippen LogP contribution in [0.1, 0.15) is 12.8 Å². The predicted molar refractivity (Wildman–Crippen MR) is 54.3 cm³/mol. The molecule has 1 aliphatic rings. The van der Waals surface area contributed by atoms with Gasteiger partial charge in [0.2, 0.25) is 20.9 Å². The first-order chi connectivity index (χ1) is 6.84. The Hall–Kier alpha value is -0.910. The van der Waals surface area contributed by atoms with Crippen LogP contribution in [0.25, 0.3) is 0 Å². The number of carbonyl (C=O) groups is 1. The van der Waals surface area contributed by atoms with E-state index in [1.807, 2.05) is 0 Å². The second-order valence-corrected chi connectivity index (χ2v) is 5.72. The van der Waals surface area contributed by atoms with E-state index in [4.69, 9.17) is 0 Å². The Balaban J connectivity index is 2.51. The summed E-state index contributed by atoms with van der Waals surface area (Å²) in [4.78, 5) is 11.1. The first-order valence-corrected chi connectivity index (χ1v) is 6.52. The molecule has 0 spiro atoms. The third-order valence-corrected chi connectivity index (χ3v) is 3.36. The van der Waals surface area contributed by atoms with Crippen LogP contribution in [0.3, 0.4) is 0 Å². The summed E-state index contributed by atoms with van der Waals surface area (Å²) in [5, 5.41) is 1.40. The zero-order chi connectivity index (χ0) is 11.6. The minimum atomic E-state index is -3.72. The van der Waals surface area contributed by atoms with Crippen LogP contribution < -0.4 is 5.32 Å². The smallest absolute Gasteiger partial charge is 0.222 e. The van der Waals surface area contributed by atoms with Crippen LogP contribution in [-0.4, -0.2) is 27.6 Å². The van der Waals surface area contributed by atoms with Crippen molar-refractivity contribution >= 4 is 15.7 Å². The highest BCUT2D eigenvalue weighted by Crippen LogP contribution is 2.36. The Morgan fingerprint density at radius 2 is 2.00 bits per heavy atom. The summed E-state index contributed by atoms with van der Waals surface area (Å²) in [5.74, 6) is -0.315. The molecule has 15 heavy (non-hydrogen) atoms. The Morgan fingerprint density at radius 3 is 2.40 bits per heavy atom. The average molecular weight is 235 g/mol. The van der Waals surface area contributed by atoms with Crippen LogP contribution in [0.4, 0.5) is 4.39 Å². The fourth-order valence-corrected chi connectivity index (χ4v) is 1.96. The summed E-state index contributed by atoms with van der Waals surface area (Å²) in [6.45, 7) is 0. The van der Waals surface area contributed by atoms with Gasteiger partial charge in [0.1, 0.15) is 0 Å². The monoisotopic (exact) mass is 235 g/mol. The zero-order valence-electron chi connectivity index (χ0n) is 8.66. The maximum absolute atomic E-state index is 13.0. The minimum absolute atomic E-state index is 0.0700. The van der Waals surface area contributed by atoms with E-state index in [1.54, 1.807) is 7.05 Å². The predicted octanol–water partition coefficient (Wildman–Crippen LogP) is 0.614. The van der Waals surface area contributed by atoms with Crippen molar-refractivity contribution in [3.63, 3.8) is 0 Å². The number of rotatable bonds is 3. The summed E-state index contributed by atoms with van der Waals surface area (Å²) in [5.41, 5.74) is 0. The molecular formula is C9H14FNO3S. The Bertz CT molecular complexity index is 382. The number of amides is 1. The number of hydrogen-bond donors (Lipinski definition) is 1. The molecule has 1 saturated carbocycles. The first-order valence-electron chi connectivity index (χ1n) is 4.63. The van der Waals surface area contributed by atoms with Crippen molar-refractivity contribution in [1.29, 1.82) is 0 Å². The van der Waals surface area contributed by atoms with Crippen molar-refractivity contribution < 1.29 is 17.6 Å². The largest absolute Gasteiger partial charge is 0.359 e. The van der Waals surface area contributed by atoms with E-state index in [9.17, 15) is 17.6 Å². The normalized spacial score (nSPS) is 27.0. The molecule has 0 bridgehead atoms. The highest BCUT2D eigenvalue weighted by atomic mass is 32.2. The molecule has 4 nitrogen and oxygen atoms in total. The summed E-state index contributed by atoms with van der Waals surface area (Å²) in [6, 6.07) is 0. The van der Waals surface area contributed by atoms with Gasteiger partial charge in [0.15, 0.2) is 0 Å². The molecule has 0 radical (unpaired) electrons. The number of allylic oxidation sites excluding steroid dienone is 1. The molecule has 86 valence electrons. The van der Waals surface area contributed by atoms with E-state index < -0.39 is 15.0 Å². The summed E-state index contributed by atoms with van der Waals surface area (Å²) >= 11 is 0. The maximum Gasteiger partial charge on any atom is 0.222 e. The second kappa shape index (κ2) is 4.30. The van der Waals surface area contributed by atoms with Gasteiger partial charge in [-0.25, -0.2) is 8.42 Å². The van der Waals surface area contributed by atoms with E-state index in [0.717, 1.165) is 12.3 Å². The highest BCUT2D eigenvalue weighted by Gasteiger charge is 2.33. The van der Waals surface area contributed by atoms with Crippen molar-refractivity contribution in [1.82, 2.24) is 5.32 Å². The van der Waals surface area contributed by atoms with Crippen LogP contribution in [0.5, 0.6) is 0 Å². The van der Waals surface area contributed by atoms with Crippen LogP contribution in [0.15, 0.2) is 11.2 Å². The minimum Gasteiger partial charge on any atom is -0.359 e. The van der Waals surface area contributed by atoms with Crippen LogP contribution in [0.2, 0.25) is 0 Å². The number of halogens is 1. The molecule has 0 aromatic heterocycles. The molecule has 0 saturated heterocycles. The molecule has 6 heteroatoms. The summed E-state index contributed by atoms with van der Waals surface area (Å²) in [7, 11) is -2.18. The third-order valence-electron chi connectivity index (χ3n) is 2.51. The van der Waals surface area contributed by atoms with Gasteiger partial charge in [0.25, 0.3) is 0 Å². The third kappa shape index (κ3) is 3.02. The van der Waals surface area contributed by atoms with Gasteiger partial charge in [-0.1, -0.05) is 0 Å². The van der Waals surface area contributed by atoms with Crippen molar-refractivity contribution in [2.45, 2.75) is 12.8 Å². The number of carbonyl (C=O) groups excluding carboxylic acids is 1. The zero-order valence-corrected chi connectivity index (χ0v) is 9.47. The molecule has 1 aliphatic carbocycles. The van der Waals surface area contributed by atoms with Gasteiger partial charge in [-0.3, -0.25) is 4.79 Å². The summed E-state index contributed by atoms with van der Waals surface area (Å²) in [6.07, 6.45) is 2.95. The Morgan fingerprint density at radius 1 is 1.47 bits per heavy atom. The number of hydrogen-bond acceptors (Lipinski definition) is 3. The molecule has 1 rings (SSSR count). The van der Waals surface area contributed by atoms with E-state index >= 15 is 0 Å². The fourth-order valence-electron chi connectivity index (χ4n) is 1.53. The molecule has 0 aromatic carbocycles. The number of nitrogens with one attached hydrogen (secondary N) is 1. The van der Waals surface area contributed by atoms with Gasteiger partial charge < -0.3 is 5.32 Å². The second-order valence-electron chi connectivity index (χ2n) is 3.79. The average Bonchev–Trinajstić information content (AvgIpc) is 2.07. The van der Waals surface area contributed by atoms with Gasteiger partial charge in [-0.15, -0.1) is 0 Å². The van der Waals surface area contributed by atoms with E-state index in [-0.39, 0.29) is 17.7 Å². The van der Waals surface area contributed by atoms with Crippen LogP contribution in [-0.2, 0) is 14.6 Å². The number of sulfone groups is 1. The molecule has 1 amide bonds. The molecule has 0 unspecified atom stereocenters. The van der Waals surface area contributed by atoms with Crippen molar-refractivity contribution in [2.75, 3.05) is 13.3 Å². The first kappa shape index (κ1) is 12.2. The topological polar surface area (TPSA) is 63.2 Å². The molecular weight excluding hydrogens is 221 g/mol. The SMILES string of the molecule is CNC(=O)C1CC(/C=C(\F)S(C)(=O)=O)C1. The lowest BCUT2D eigenvalue weighted by atomic mass is 9.74. The quantitative estimate of drug-likeness (QED) is 0.779. The Labute approximate surface area is 88.5 Å². The van der Waals surface area contributed by atoms with Crippen LogP contribution in [0, 0.1) is 11.8 Å². The van der Waals surface area contributed by atoms with Crippen LogP contribution >= 0.6 is 0 Å². The van der Waals surface area contributed by atoms with Gasteiger partial charge >= 0.3 is 0 Å². The molecule has 0 atom stereocenters. The van der Waals surface area contributed by atoms with Crippen molar-refractivity contribution in [3.05, 3.63) is 11.2 Å². The van der Waals surface area contributed by atoms with Crippen molar-refractivity contribution in [2.24, 2.45) is 11.8 Å². The molecule has 0 aromatic rings. The molecule has 1 N–H and O–H groups in total. The lowest BCUT2D eigenvalue weighted by Gasteiger charge is -2.31. The van der Waals surface area contributed by atoms with E-state index in [2.05, 4.69) is 5.32 Å². The highest BCUT2D eigenvalue weighted by molar-refractivity contribution is 7.94. The fraction of sp³-hybridized carbons (Fsp3) is 0.667. The standard InChI is InChI=1S/C9H14FNO3S/c1-11-9(12)7-3-6(4-7)5-8(10)15(2,13)14/h5-7H,3-4H2,1-2H3,(H,11,12)/b8-5+. The maximum atomic E-state index is 13.0. The molecule has 0 aliphatic heterocycles. The lowest BCUT2D eigenvalue weighted by Crippen LogP contribution is -2.36.